The molecule has 15 heavy (non-hydrogen) atoms. The Kier molecular flexibility index (Phi) is 3.80. The standard InChI is InChI=1S/C8H12N4O2S/c1-2-15(13,14)5-3-4-12-7-10-8(6-9)11-12/h7H,2-5H2,1H3. The van der Waals surface area contributed by atoms with E-state index in [1.807, 2.05) is 0 Å². The van der Waals surface area contributed by atoms with Gasteiger partial charge < -0.3 is 0 Å². The van der Waals surface area contributed by atoms with Gasteiger partial charge >= 0.3 is 0 Å². The molecule has 0 unspecified atom stereocenters. The van der Waals surface area contributed by atoms with E-state index in [1.54, 1.807) is 13.0 Å². The first-order chi connectivity index (χ1) is 7.07. The Morgan fingerprint density at radius 1 is 1.60 bits per heavy atom. The molecule has 0 aliphatic carbocycles. The topological polar surface area (TPSA) is 88.6 Å². The number of nitrogens with zero attached hydrogens (tertiary/aromatic N) is 4. The van der Waals surface area contributed by atoms with Gasteiger partial charge in [0, 0.05) is 12.3 Å². The molecule has 0 spiro atoms. The molecule has 0 aliphatic rings. The van der Waals surface area contributed by atoms with Crippen molar-refractivity contribution in [3.63, 3.8) is 0 Å². The van der Waals surface area contributed by atoms with Crippen LogP contribution in [0.3, 0.4) is 0 Å². The molecule has 0 aliphatic heterocycles. The molecule has 0 atom stereocenters. The summed E-state index contributed by atoms with van der Waals surface area (Å²) in [5.41, 5.74) is 0. The molecule has 0 amide bonds. The van der Waals surface area contributed by atoms with Gasteiger partial charge in [0.25, 0.3) is 5.82 Å². The Balaban J connectivity index is 2.42. The van der Waals surface area contributed by atoms with Crippen molar-refractivity contribution in [2.45, 2.75) is 19.9 Å². The fourth-order valence-electron chi connectivity index (χ4n) is 1.04. The van der Waals surface area contributed by atoms with Crippen molar-refractivity contribution < 1.29 is 8.42 Å². The van der Waals surface area contributed by atoms with E-state index in [0.29, 0.717) is 13.0 Å². The summed E-state index contributed by atoms with van der Waals surface area (Å²) in [5, 5.41) is 12.3. The highest BCUT2D eigenvalue weighted by Gasteiger charge is 2.07. The van der Waals surface area contributed by atoms with E-state index < -0.39 is 9.84 Å². The predicted octanol–water partition coefficient (Wildman–Crippen LogP) is -0.0254. The second-order valence-electron chi connectivity index (χ2n) is 3.03. The summed E-state index contributed by atoms with van der Waals surface area (Å²) < 4.78 is 23.8. The van der Waals surface area contributed by atoms with E-state index in [9.17, 15) is 8.42 Å². The Labute approximate surface area is 88.5 Å². The fraction of sp³-hybridized carbons (Fsp3) is 0.625. The maximum atomic E-state index is 11.2. The lowest BCUT2D eigenvalue weighted by Gasteiger charge is -2.00. The molecule has 0 radical (unpaired) electrons. The normalized spacial score (nSPS) is 11.2. The first-order valence-corrected chi connectivity index (χ1v) is 6.39. The van der Waals surface area contributed by atoms with Crippen molar-refractivity contribution in [1.29, 1.82) is 5.26 Å². The average molecular weight is 228 g/mol. The fourth-order valence-corrected chi connectivity index (χ4v) is 1.90. The molecule has 1 rings (SSSR count). The van der Waals surface area contributed by atoms with Gasteiger partial charge in [-0.3, -0.25) is 4.68 Å². The maximum Gasteiger partial charge on any atom is 0.252 e. The Bertz CT molecular complexity index is 457. The second-order valence-corrected chi connectivity index (χ2v) is 5.51. The van der Waals surface area contributed by atoms with Crippen LogP contribution in [0, 0.1) is 11.3 Å². The molecule has 7 heteroatoms. The summed E-state index contributed by atoms with van der Waals surface area (Å²) in [4.78, 5) is 3.71. The molecule has 0 saturated heterocycles. The van der Waals surface area contributed by atoms with Crippen LogP contribution in [0.1, 0.15) is 19.2 Å². The molecular weight excluding hydrogens is 216 g/mol. The van der Waals surface area contributed by atoms with Crippen molar-refractivity contribution in [3.05, 3.63) is 12.2 Å². The summed E-state index contributed by atoms with van der Waals surface area (Å²) >= 11 is 0. The molecule has 0 bridgehead atoms. The van der Waals surface area contributed by atoms with E-state index >= 15 is 0 Å². The molecule has 82 valence electrons. The zero-order valence-electron chi connectivity index (χ0n) is 8.42. The summed E-state index contributed by atoms with van der Waals surface area (Å²) in [6.45, 7) is 2.09. The number of hydrogen-bond donors (Lipinski definition) is 0. The van der Waals surface area contributed by atoms with Crippen molar-refractivity contribution in [2.75, 3.05) is 11.5 Å². The number of nitriles is 1. The van der Waals surface area contributed by atoms with Crippen LogP contribution in [-0.2, 0) is 16.4 Å². The van der Waals surface area contributed by atoms with E-state index in [1.165, 1.54) is 11.0 Å². The molecule has 0 aromatic carbocycles. The predicted molar refractivity (Wildman–Crippen MR) is 53.7 cm³/mol. The highest BCUT2D eigenvalue weighted by molar-refractivity contribution is 7.91. The summed E-state index contributed by atoms with van der Waals surface area (Å²) in [6.07, 6.45) is 1.92. The molecule has 0 N–H and O–H groups in total. The van der Waals surface area contributed by atoms with Gasteiger partial charge in [-0.1, -0.05) is 6.92 Å². The van der Waals surface area contributed by atoms with Crippen molar-refractivity contribution in [2.24, 2.45) is 0 Å². The number of aryl methyl sites for hydroxylation is 1. The van der Waals surface area contributed by atoms with Gasteiger partial charge in [-0.25, -0.2) is 13.4 Å². The highest BCUT2D eigenvalue weighted by atomic mass is 32.2. The Morgan fingerprint density at radius 2 is 2.33 bits per heavy atom. The molecule has 0 fully saturated rings. The molecule has 1 aromatic rings. The van der Waals surface area contributed by atoms with Crippen LogP contribution in [0.2, 0.25) is 0 Å². The lowest BCUT2D eigenvalue weighted by atomic mass is 10.5. The van der Waals surface area contributed by atoms with E-state index in [4.69, 9.17) is 5.26 Å². The summed E-state index contributed by atoms with van der Waals surface area (Å²) in [5.74, 6) is 0.410. The van der Waals surface area contributed by atoms with Crippen LogP contribution in [0.4, 0.5) is 0 Å². The quantitative estimate of drug-likeness (QED) is 0.706. The second kappa shape index (κ2) is 4.89. The van der Waals surface area contributed by atoms with Crippen molar-refractivity contribution in [3.8, 4) is 6.07 Å². The average Bonchev–Trinajstić information content (AvgIpc) is 2.66. The summed E-state index contributed by atoms with van der Waals surface area (Å²) in [7, 11) is -2.91. The van der Waals surface area contributed by atoms with E-state index in [0.717, 1.165) is 0 Å². The minimum atomic E-state index is -2.91. The molecule has 0 saturated carbocycles. The Morgan fingerprint density at radius 3 is 2.87 bits per heavy atom. The van der Waals surface area contributed by atoms with Crippen LogP contribution < -0.4 is 0 Å². The third kappa shape index (κ3) is 3.67. The van der Waals surface area contributed by atoms with Gasteiger partial charge in [0.05, 0.1) is 5.75 Å². The first-order valence-electron chi connectivity index (χ1n) is 4.57. The number of rotatable bonds is 5. The minimum absolute atomic E-state index is 0.105. The lowest BCUT2D eigenvalue weighted by Crippen LogP contribution is -2.11. The van der Waals surface area contributed by atoms with Crippen molar-refractivity contribution in [1.82, 2.24) is 14.8 Å². The third-order valence-corrected chi connectivity index (χ3v) is 3.71. The molecule has 1 heterocycles. The van der Waals surface area contributed by atoms with Gasteiger partial charge in [0.2, 0.25) is 0 Å². The highest BCUT2D eigenvalue weighted by Crippen LogP contribution is 1.96. The van der Waals surface area contributed by atoms with Gasteiger partial charge in [-0.15, -0.1) is 5.10 Å². The van der Waals surface area contributed by atoms with E-state index in [2.05, 4.69) is 10.1 Å². The van der Waals surface area contributed by atoms with Gasteiger partial charge in [-0.05, 0) is 6.42 Å². The van der Waals surface area contributed by atoms with Crippen LogP contribution in [0.25, 0.3) is 0 Å². The maximum absolute atomic E-state index is 11.2. The molecule has 6 nitrogen and oxygen atoms in total. The third-order valence-electron chi connectivity index (χ3n) is 1.92. The van der Waals surface area contributed by atoms with E-state index in [-0.39, 0.29) is 17.3 Å². The number of sulfone groups is 1. The van der Waals surface area contributed by atoms with Gasteiger partial charge in [0.1, 0.15) is 22.2 Å². The largest absolute Gasteiger partial charge is 0.252 e. The minimum Gasteiger partial charge on any atom is -0.252 e. The zero-order valence-corrected chi connectivity index (χ0v) is 9.24. The van der Waals surface area contributed by atoms with Crippen LogP contribution >= 0.6 is 0 Å². The van der Waals surface area contributed by atoms with Crippen LogP contribution in [0.5, 0.6) is 0 Å². The van der Waals surface area contributed by atoms with Crippen LogP contribution in [0.15, 0.2) is 6.33 Å². The van der Waals surface area contributed by atoms with Crippen molar-refractivity contribution >= 4 is 9.84 Å². The monoisotopic (exact) mass is 228 g/mol. The zero-order chi connectivity index (χ0) is 11.3. The Hall–Kier alpha value is -1.42. The van der Waals surface area contributed by atoms with Gasteiger partial charge in [0.15, 0.2) is 0 Å². The first kappa shape index (κ1) is 11.7. The number of aromatic nitrogens is 3. The number of hydrogen-bond acceptors (Lipinski definition) is 5. The lowest BCUT2D eigenvalue weighted by molar-refractivity contribution is 0.572. The molecular formula is C8H12N4O2S. The summed E-state index contributed by atoms with van der Waals surface area (Å²) in [6, 6.07) is 1.80. The molecule has 1 aromatic heterocycles. The van der Waals surface area contributed by atoms with Crippen LogP contribution in [-0.4, -0.2) is 34.7 Å². The van der Waals surface area contributed by atoms with Gasteiger partial charge in [-0.2, -0.15) is 5.26 Å². The smallest absolute Gasteiger partial charge is 0.252 e. The SMILES string of the molecule is CCS(=O)(=O)CCCn1cnc(C#N)n1.